The van der Waals surface area contributed by atoms with Crippen LogP contribution in [0.5, 0.6) is 11.5 Å². The lowest BCUT2D eigenvalue weighted by Gasteiger charge is -2.32. The molecule has 0 radical (unpaired) electrons. The zero-order valence-corrected chi connectivity index (χ0v) is 60.6. The number of amides is 12. The van der Waals surface area contributed by atoms with Crippen LogP contribution in [0.2, 0.25) is 0 Å². The fourth-order valence-electron chi connectivity index (χ4n) is 13.2. The van der Waals surface area contributed by atoms with Crippen molar-refractivity contribution in [3.05, 3.63) is 131 Å². The maximum absolute atomic E-state index is 15.2. The summed E-state index contributed by atoms with van der Waals surface area (Å²) in [5.74, 6) is -10.3. The van der Waals surface area contributed by atoms with Crippen LogP contribution in [0.15, 0.2) is 109 Å². The van der Waals surface area contributed by atoms with Gasteiger partial charge < -0.3 is 84.6 Å². The molecule has 3 saturated heterocycles. The van der Waals surface area contributed by atoms with Crippen molar-refractivity contribution in [3.63, 3.8) is 0 Å². The summed E-state index contributed by atoms with van der Waals surface area (Å²) < 4.78 is 0. The molecule has 12 atom stereocenters. The lowest BCUT2D eigenvalue weighted by atomic mass is 9.99. The molecule has 0 spiro atoms. The number of phenols is 2. The smallest absolute Gasteiger partial charge is 0.246 e. The number of aromatic hydroxyl groups is 2. The van der Waals surface area contributed by atoms with Gasteiger partial charge >= 0.3 is 0 Å². The average Bonchev–Trinajstić information content (AvgIpc) is 1.58. The van der Waals surface area contributed by atoms with E-state index in [9.17, 15) is 58.2 Å². The molecule has 12 amide bonds. The van der Waals surface area contributed by atoms with Gasteiger partial charge in [-0.15, -0.1) is 0 Å². The Morgan fingerprint density at radius 1 is 0.375 bits per heavy atom. The highest BCUT2D eigenvalue weighted by molar-refractivity contribution is 6.00. The standard InChI is InChI=1S/C76H106N14O14/c1-44(2)38-56-69(97)86-61(43-49-20-12-9-13-21-49)76(104)90-37-17-25-63(90)73(101)85-59(41-51-28-32-53(92)33-29-51)71(99)88-64(46(5)6)74(102)81-55(23-15-35-78)67(95)83-57(39-45(3)4)70(98)87-60(42-48-18-10-8-11-19-48)75(103)89-36-16-24-62(89)72(100)84-58(40-50-26-30-52(91)31-27-50)68(96)79-47(7)65(93)80-54(22-14-34-77)66(94)82-56/h8-13,18-21,26-33,44-47,54-64,91-92H,14-17,22-25,34-43,77-78H2,1-7H3,(H,79,96)(H,80,93)(H,81,102)(H,82,94)(H,83,95)(H,84,100)(H,85,101)(H,86,97)(H,87,98)(H,88,99)/t47-,54-,55-,56-,57-,58+,59+,60+,61+,62-,63-,64-/m0/s1. The van der Waals surface area contributed by atoms with Crippen molar-refractivity contribution in [2.75, 3.05) is 26.2 Å². The van der Waals surface area contributed by atoms with Gasteiger partial charge in [-0.05, 0) is 148 Å². The Labute approximate surface area is 608 Å². The monoisotopic (exact) mass is 1440 g/mol. The predicted octanol–water partition coefficient (Wildman–Crippen LogP) is 1.46. The highest BCUT2D eigenvalue weighted by atomic mass is 16.3. The van der Waals surface area contributed by atoms with Gasteiger partial charge in [0.25, 0.3) is 0 Å². The largest absolute Gasteiger partial charge is 0.508 e. The van der Waals surface area contributed by atoms with Crippen molar-refractivity contribution in [1.29, 1.82) is 0 Å². The number of nitrogens with zero attached hydrogens (tertiary/aromatic N) is 2. The van der Waals surface area contributed by atoms with Crippen molar-refractivity contribution < 1.29 is 67.7 Å². The van der Waals surface area contributed by atoms with Crippen LogP contribution < -0.4 is 64.6 Å². The minimum atomic E-state index is -1.41. The number of carbonyl (C=O) groups is 12. The second-order valence-corrected chi connectivity index (χ2v) is 28.6. The molecule has 104 heavy (non-hydrogen) atoms. The van der Waals surface area contributed by atoms with Gasteiger partial charge in [-0.3, -0.25) is 57.5 Å². The normalized spacial score (nSPS) is 25.3. The van der Waals surface area contributed by atoms with E-state index in [-0.39, 0.29) is 127 Å². The van der Waals surface area contributed by atoms with Gasteiger partial charge in [-0.2, -0.15) is 0 Å². The maximum Gasteiger partial charge on any atom is 0.246 e. The third-order valence-corrected chi connectivity index (χ3v) is 18.8. The fraction of sp³-hybridized carbons (Fsp3) is 0.526. The summed E-state index contributed by atoms with van der Waals surface area (Å²) in [7, 11) is 0. The number of nitrogens with one attached hydrogen (secondary N) is 10. The van der Waals surface area contributed by atoms with E-state index < -0.39 is 149 Å². The number of carbonyl (C=O) groups excluding carboxylic acids is 12. The van der Waals surface area contributed by atoms with E-state index in [0.29, 0.717) is 35.1 Å². The first-order valence-electron chi connectivity index (χ1n) is 36.3. The van der Waals surface area contributed by atoms with Crippen LogP contribution in [0.4, 0.5) is 0 Å². The van der Waals surface area contributed by atoms with Crippen LogP contribution in [-0.2, 0) is 83.2 Å². The van der Waals surface area contributed by atoms with Crippen molar-refractivity contribution in [2.24, 2.45) is 29.2 Å². The SMILES string of the molecule is CC(C)C[C@@H]1NC(=O)[C@H](CCCN)NC(=O)[C@H](C(C)C)NC(=O)[C@@H](Cc2ccc(O)cc2)NC(=O)[C@@H]2CCCN2C(=O)[C@@H](Cc2ccccc2)NC(=O)[C@H](CC(C)C)NC(=O)[C@H](CCCN)NC(=O)[C@H](C)NC(=O)[C@@H](Cc2ccc(O)cc2)NC(=O)[C@@H]2CCCN2C(=O)[C@@H](Cc2ccccc2)NC1=O. The summed E-state index contributed by atoms with van der Waals surface area (Å²) in [4.78, 5) is 181. The molecular weight excluding hydrogens is 1330 g/mol. The summed E-state index contributed by atoms with van der Waals surface area (Å²) in [6, 6.07) is 13.7. The number of phenolic OH excluding ortho intramolecular Hbond substituents is 2. The van der Waals surface area contributed by atoms with Crippen LogP contribution in [0.3, 0.4) is 0 Å². The Morgan fingerprint density at radius 3 is 1.07 bits per heavy atom. The van der Waals surface area contributed by atoms with Crippen molar-refractivity contribution in [1.82, 2.24) is 63.0 Å². The van der Waals surface area contributed by atoms with Crippen molar-refractivity contribution in [2.45, 2.75) is 211 Å². The van der Waals surface area contributed by atoms with Gasteiger partial charge in [0.05, 0.1) is 0 Å². The van der Waals surface area contributed by atoms with Gasteiger partial charge in [0.15, 0.2) is 0 Å². The van der Waals surface area contributed by atoms with E-state index in [1.807, 2.05) is 27.7 Å². The number of benzene rings is 4. The molecule has 7 rings (SSSR count). The van der Waals surface area contributed by atoms with Crippen molar-refractivity contribution in [3.8, 4) is 11.5 Å². The number of hydrogen-bond acceptors (Lipinski definition) is 16. The van der Waals surface area contributed by atoms with Crippen molar-refractivity contribution >= 4 is 70.9 Å². The Balaban J connectivity index is 1.28. The van der Waals surface area contributed by atoms with Crippen LogP contribution in [0.25, 0.3) is 0 Å². The predicted molar refractivity (Wildman–Crippen MR) is 389 cm³/mol. The van der Waals surface area contributed by atoms with Gasteiger partial charge in [0, 0.05) is 38.8 Å². The Bertz CT molecular complexity index is 3540. The lowest BCUT2D eigenvalue weighted by Crippen LogP contribution is -2.62. The first kappa shape index (κ1) is 81.3. The van der Waals surface area contributed by atoms with E-state index in [1.165, 1.54) is 41.0 Å². The quantitative estimate of drug-likeness (QED) is 0.0632. The molecule has 3 heterocycles. The summed E-state index contributed by atoms with van der Waals surface area (Å²) in [6.45, 7) is 12.4. The molecule has 28 nitrogen and oxygen atoms in total. The van der Waals surface area contributed by atoms with Crippen LogP contribution in [0, 0.1) is 17.8 Å². The molecule has 0 saturated carbocycles. The summed E-state index contributed by atoms with van der Waals surface area (Å²) in [5.41, 5.74) is 14.2. The highest BCUT2D eigenvalue weighted by Crippen LogP contribution is 2.25. The molecule has 3 fully saturated rings. The summed E-state index contributed by atoms with van der Waals surface area (Å²) in [6.07, 6.45) is 1.08. The Hall–Kier alpha value is -9.96. The van der Waals surface area contributed by atoms with E-state index in [2.05, 4.69) is 53.2 Å². The molecule has 4 aromatic carbocycles. The molecule has 4 aromatic rings. The van der Waals surface area contributed by atoms with E-state index in [4.69, 9.17) is 11.5 Å². The third-order valence-electron chi connectivity index (χ3n) is 18.8. The molecule has 0 bridgehead atoms. The molecule has 16 N–H and O–H groups in total. The molecule has 3 aliphatic heterocycles. The van der Waals surface area contributed by atoms with Gasteiger partial charge in [-0.1, -0.05) is 126 Å². The molecule has 0 aromatic heterocycles. The number of hydrogen-bond donors (Lipinski definition) is 14. The van der Waals surface area contributed by atoms with Gasteiger partial charge in [-0.25, -0.2) is 0 Å². The van der Waals surface area contributed by atoms with Gasteiger partial charge in [0.2, 0.25) is 70.9 Å². The first-order chi connectivity index (χ1) is 49.6. The lowest BCUT2D eigenvalue weighted by molar-refractivity contribution is -0.143. The molecule has 0 aliphatic carbocycles. The number of fused-ring (bicyclic) bond motifs is 2. The van der Waals surface area contributed by atoms with Gasteiger partial charge in [0.1, 0.15) is 84.0 Å². The van der Waals surface area contributed by atoms with E-state index >= 15 is 9.59 Å². The van der Waals surface area contributed by atoms with Crippen LogP contribution >= 0.6 is 0 Å². The minimum absolute atomic E-state index is 0.0133. The number of rotatable bonds is 19. The topological polar surface area (TPSA) is 424 Å². The molecule has 0 unspecified atom stereocenters. The fourth-order valence-corrected chi connectivity index (χ4v) is 13.2. The average molecular weight is 1440 g/mol. The summed E-state index contributed by atoms with van der Waals surface area (Å²) >= 11 is 0. The second kappa shape index (κ2) is 39.6. The maximum atomic E-state index is 15.2. The van der Waals surface area contributed by atoms with E-state index in [1.54, 1.807) is 98.8 Å². The molecular formula is C76H106N14O14. The van der Waals surface area contributed by atoms with Crippen LogP contribution in [0.1, 0.15) is 135 Å². The first-order valence-corrected chi connectivity index (χ1v) is 36.3. The number of nitrogens with two attached hydrogens (primary N) is 2. The minimum Gasteiger partial charge on any atom is -0.508 e. The Morgan fingerprint density at radius 2 is 0.692 bits per heavy atom. The zero-order valence-electron chi connectivity index (χ0n) is 60.6. The van der Waals surface area contributed by atoms with E-state index in [0.717, 1.165) is 0 Å². The molecule has 564 valence electrons. The highest BCUT2D eigenvalue weighted by Gasteiger charge is 2.43. The zero-order chi connectivity index (χ0) is 75.7. The Kier molecular flexibility index (Phi) is 31.0. The summed E-state index contributed by atoms with van der Waals surface area (Å²) in [5, 5.41) is 48.4. The third kappa shape index (κ3) is 24.1. The molecule has 3 aliphatic rings. The second-order valence-electron chi connectivity index (χ2n) is 28.6. The molecule has 28 heteroatoms. The van der Waals surface area contributed by atoms with Crippen LogP contribution in [-0.4, -0.2) is 190 Å².